The number of pyridine rings is 2. The van der Waals surface area contributed by atoms with Crippen molar-refractivity contribution in [2.24, 2.45) is 11.3 Å². The number of aromatic nitrogens is 2. The molecule has 0 atom stereocenters. The fourth-order valence-electron chi connectivity index (χ4n) is 5.01. The molecular formula is C25H25N5O4. The molecule has 0 radical (unpaired) electrons. The molecule has 2 aliphatic rings. The van der Waals surface area contributed by atoms with E-state index in [4.69, 9.17) is 4.74 Å². The molecule has 0 unspecified atom stereocenters. The average molecular weight is 460 g/mol. The zero-order chi connectivity index (χ0) is 23.7. The van der Waals surface area contributed by atoms with Crippen molar-refractivity contribution in [3.05, 3.63) is 76.6 Å². The minimum Gasteiger partial charge on any atom is -0.469 e. The molecule has 1 saturated heterocycles. The van der Waals surface area contributed by atoms with Crippen LogP contribution in [-0.4, -0.2) is 46.0 Å². The Morgan fingerprint density at radius 3 is 2.59 bits per heavy atom. The summed E-state index contributed by atoms with van der Waals surface area (Å²) in [6, 6.07) is 16.4. The van der Waals surface area contributed by atoms with E-state index in [0.717, 1.165) is 43.7 Å². The highest BCUT2D eigenvalue weighted by molar-refractivity contribution is 5.74. The van der Waals surface area contributed by atoms with Crippen LogP contribution in [0.1, 0.15) is 18.5 Å². The van der Waals surface area contributed by atoms with Crippen LogP contribution in [0.2, 0.25) is 0 Å². The fraction of sp³-hybridized carbons (Fsp3) is 0.320. The van der Waals surface area contributed by atoms with Gasteiger partial charge in [0.05, 0.1) is 41.2 Å². The SMILES string of the molecule is COC(=O)C1CC2(C1)CN(Cc1ccc(Nc3nc(-c4ccccc4)ccc3[N+](=O)[O-])cn1)C2. The van der Waals surface area contributed by atoms with Gasteiger partial charge in [0, 0.05) is 31.3 Å². The second-order valence-electron chi connectivity index (χ2n) is 9.12. The normalized spacial score (nSPS) is 17.0. The molecular weight excluding hydrogens is 434 g/mol. The Kier molecular flexibility index (Phi) is 5.70. The quantitative estimate of drug-likeness (QED) is 0.318. The smallest absolute Gasteiger partial charge is 0.311 e. The van der Waals surface area contributed by atoms with Gasteiger partial charge in [0.25, 0.3) is 0 Å². The first kappa shape index (κ1) is 22.0. The lowest BCUT2D eigenvalue weighted by Crippen LogP contribution is -2.62. The number of ether oxygens (including phenoxy) is 1. The van der Waals surface area contributed by atoms with Gasteiger partial charge in [-0.3, -0.25) is 24.8 Å². The Bertz CT molecular complexity index is 1200. The van der Waals surface area contributed by atoms with E-state index < -0.39 is 4.92 Å². The molecule has 1 saturated carbocycles. The first-order chi connectivity index (χ1) is 16.4. The summed E-state index contributed by atoms with van der Waals surface area (Å²) in [4.78, 5) is 34.0. The number of hydrogen-bond donors (Lipinski definition) is 1. The van der Waals surface area contributed by atoms with Crippen LogP contribution in [0.4, 0.5) is 17.2 Å². The van der Waals surface area contributed by atoms with Gasteiger partial charge in [-0.2, -0.15) is 0 Å². The van der Waals surface area contributed by atoms with Gasteiger partial charge in [-0.25, -0.2) is 4.98 Å². The lowest BCUT2D eigenvalue weighted by Gasteiger charge is -2.58. The van der Waals surface area contributed by atoms with E-state index in [1.165, 1.54) is 13.2 Å². The summed E-state index contributed by atoms with van der Waals surface area (Å²) in [5.41, 5.74) is 3.24. The van der Waals surface area contributed by atoms with Gasteiger partial charge in [-0.1, -0.05) is 30.3 Å². The number of nitrogens with one attached hydrogen (secondary N) is 1. The zero-order valence-corrected chi connectivity index (χ0v) is 18.8. The van der Waals surface area contributed by atoms with Gasteiger partial charge < -0.3 is 10.1 Å². The fourth-order valence-corrected chi connectivity index (χ4v) is 5.01. The van der Waals surface area contributed by atoms with Crippen LogP contribution in [0, 0.1) is 21.4 Å². The van der Waals surface area contributed by atoms with Crippen molar-refractivity contribution in [1.82, 2.24) is 14.9 Å². The number of methoxy groups -OCH3 is 1. The van der Waals surface area contributed by atoms with Crippen LogP contribution >= 0.6 is 0 Å². The highest BCUT2D eigenvalue weighted by atomic mass is 16.6. The van der Waals surface area contributed by atoms with Crippen LogP contribution in [0.5, 0.6) is 0 Å². The number of esters is 1. The zero-order valence-electron chi connectivity index (χ0n) is 18.8. The molecule has 0 bridgehead atoms. The number of rotatable bonds is 7. The summed E-state index contributed by atoms with van der Waals surface area (Å²) < 4.78 is 4.83. The molecule has 2 aromatic heterocycles. The molecule has 1 spiro atoms. The van der Waals surface area contributed by atoms with Gasteiger partial charge >= 0.3 is 11.7 Å². The van der Waals surface area contributed by atoms with Crippen molar-refractivity contribution in [1.29, 1.82) is 0 Å². The van der Waals surface area contributed by atoms with Gasteiger partial charge in [-0.15, -0.1) is 0 Å². The summed E-state index contributed by atoms with van der Waals surface area (Å²) in [5.74, 6) is 0.127. The maximum atomic E-state index is 11.6. The van der Waals surface area contributed by atoms with Gasteiger partial charge in [0.15, 0.2) is 0 Å². The molecule has 1 aliphatic heterocycles. The first-order valence-electron chi connectivity index (χ1n) is 11.2. The monoisotopic (exact) mass is 459 g/mol. The summed E-state index contributed by atoms with van der Waals surface area (Å²) in [6.45, 7) is 2.65. The predicted octanol–water partition coefficient (Wildman–Crippen LogP) is 4.18. The largest absolute Gasteiger partial charge is 0.469 e. The van der Waals surface area contributed by atoms with Crippen molar-refractivity contribution in [2.45, 2.75) is 19.4 Å². The highest BCUT2D eigenvalue weighted by Gasteiger charge is 2.54. The van der Waals surface area contributed by atoms with Crippen LogP contribution < -0.4 is 5.32 Å². The van der Waals surface area contributed by atoms with E-state index in [1.807, 2.05) is 42.5 Å². The van der Waals surface area contributed by atoms with Crippen LogP contribution in [0.3, 0.4) is 0 Å². The Morgan fingerprint density at radius 2 is 1.94 bits per heavy atom. The maximum Gasteiger partial charge on any atom is 0.311 e. The second-order valence-corrected chi connectivity index (χ2v) is 9.12. The Morgan fingerprint density at radius 1 is 1.18 bits per heavy atom. The molecule has 9 heteroatoms. The average Bonchev–Trinajstić information content (AvgIpc) is 2.80. The van der Waals surface area contributed by atoms with E-state index >= 15 is 0 Å². The van der Waals surface area contributed by atoms with Crippen molar-refractivity contribution in [3.8, 4) is 11.3 Å². The Balaban J connectivity index is 1.22. The summed E-state index contributed by atoms with van der Waals surface area (Å²) in [6.07, 6.45) is 3.47. The first-order valence-corrected chi connectivity index (χ1v) is 11.2. The van der Waals surface area contributed by atoms with Gasteiger partial charge in [0.1, 0.15) is 0 Å². The number of hydrogen-bond acceptors (Lipinski definition) is 8. The van der Waals surface area contributed by atoms with Crippen molar-refractivity contribution in [3.63, 3.8) is 0 Å². The molecule has 9 nitrogen and oxygen atoms in total. The van der Waals surface area contributed by atoms with Crippen molar-refractivity contribution >= 4 is 23.2 Å². The van der Waals surface area contributed by atoms with E-state index in [2.05, 4.69) is 20.2 Å². The number of nitrogens with zero attached hydrogens (tertiary/aromatic N) is 4. The van der Waals surface area contributed by atoms with Crippen LogP contribution in [0.15, 0.2) is 60.8 Å². The molecule has 174 valence electrons. The summed E-state index contributed by atoms with van der Waals surface area (Å²) >= 11 is 0. The van der Waals surface area contributed by atoms with Gasteiger partial charge in [0.2, 0.25) is 5.82 Å². The Labute approximate surface area is 196 Å². The number of likely N-dealkylation sites (tertiary alicyclic amines) is 1. The lowest BCUT2D eigenvalue weighted by molar-refractivity contribution is -0.384. The standard InChI is InChI=1S/C25H25N5O4/c1-34-24(31)18-11-25(12-18)15-29(16-25)14-20-8-7-19(13-26-20)27-23-22(30(32)33)10-9-21(28-23)17-5-3-2-4-6-17/h2-10,13,18H,11-12,14-16H2,1H3,(H,27,28). The second kappa shape index (κ2) is 8.83. The van der Waals surface area contributed by atoms with E-state index in [-0.39, 0.29) is 28.8 Å². The number of nitro groups is 1. The minimum absolute atomic E-state index is 0.0497. The molecule has 2 fully saturated rings. The molecule has 1 aliphatic carbocycles. The number of anilines is 2. The molecule has 0 amide bonds. The lowest BCUT2D eigenvalue weighted by atomic mass is 9.57. The van der Waals surface area contributed by atoms with Gasteiger partial charge in [-0.05, 0) is 36.5 Å². The molecule has 1 aromatic carbocycles. The summed E-state index contributed by atoms with van der Waals surface area (Å²) in [7, 11) is 1.44. The number of carbonyl (C=O) groups excluding carboxylic acids is 1. The van der Waals surface area contributed by atoms with Crippen LogP contribution in [-0.2, 0) is 16.1 Å². The maximum absolute atomic E-state index is 11.6. The third-order valence-electron chi connectivity index (χ3n) is 6.62. The van der Waals surface area contributed by atoms with E-state index in [9.17, 15) is 14.9 Å². The van der Waals surface area contributed by atoms with E-state index in [1.54, 1.807) is 12.3 Å². The third-order valence-corrected chi connectivity index (χ3v) is 6.62. The summed E-state index contributed by atoms with van der Waals surface area (Å²) in [5, 5.41) is 14.6. The molecule has 34 heavy (non-hydrogen) atoms. The number of benzene rings is 1. The topological polar surface area (TPSA) is 110 Å². The molecule has 3 aromatic rings. The highest BCUT2D eigenvalue weighted by Crippen LogP contribution is 2.52. The molecule has 3 heterocycles. The van der Waals surface area contributed by atoms with Crippen molar-refractivity contribution < 1.29 is 14.5 Å². The predicted molar refractivity (Wildman–Crippen MR) is 126 cm³/mol. The van der Waals surface area contributed by atoms with Crippen LogP contribution in [0.25, 0.3) is 11.3 Å². The minimum atomic E-state index is -0.448. The molecule has 5 rings (SSSR count). The molecule has 1 N–H and O–H groups in total. The van der Waals surface area contributed by atoms with E-state index in [0.29, 0.717) is 11.4 Å². The third kappa shape index (κ3) is 4.34. The number of carbonyl (C=O) groups is 1. The Hall–Kier alpha value is -3.85. The van der Waals surface area contributed by atoms with Crippen molar-refractivity contribution in [2.75, 3.05) is 25.5 Å².